The van der Waals surface area contributed by atoms with Crippen LogP contribution in [0, 0.1) is 27.7 Å². The van der Waals surface area contributed by atoms with Crippen LogP contribution >= 0.6 is 0 Å². The lowest BCUT2D eigenvalue weighted by atomic mass is 9.86. The molecule has 0 fully saturated rings. The van der Waals surface area contributed by atoms with E-state index in [0.717, 1.165) is 12.8 Å². The Labute approximate surface area is 267 Å². The van der Waals surface area contributed by atoms with Crippen LogP contribution in [0.4, 0.5) is 0 Å². The Bertz CT molecular complexity index is 1550. The number of rotatable bonds is 12. The summed E-state index contributed by atoms with van der Waals surface area (Å²) in [5, 5.41) is 0. The summed E-state index contributed by atoms with van der Waals surface area (Å²) >= 11 is 0. The summed E-state index contributed by atoms with van der Waals surface area (Å²) in [4.78, 5) is 0. The lowest BCUT2D eigenvalue weighted by molar-refractivity contribution is 0.713. The Hall–Kier alpha value is -3.90. The summed E-state index contributed by atoms with van der Waals surface area (Å²) in [6.07, 6.45) is 9.70. The van der Waals surface area contributed by atoms with Crippen LogP contribution in [0.5, 0.6) is 0 Å². The molecule has 0 atom stereocenters. The van der Waals surface area contributed by atoms with Gasteiger partial charge in [-0.2, -0.15) is 0 Å². The van der Waals surface area contributed by atoms with E-state index in [9.17, 15) is 0 Å². The van der Waals surface area contributed by atoms with Gasteiger partial charge in [-0.05, 0) is 120 Å². The van der Waals surface area contributed by atoms with E-state index < -0.39 is 0 Å². The molecule has 0 spiro atoms. The number of aryl methyl sites for hydroxylation is 6. The van der Waals surface area contributed by atoms with Crippen molar-refractivity contribution in [3.8, 4) is 44.5 Å². The van der Waals surface area contributed by atoms with Crippen LogP contribution in [0.15, 0.2) is 97.1 Å². The van der Waals surface area contributed by atoms with E-state index in [1.54, 1.807) is 0 Å². The molecule has 0 nitrogen and oxygen atoms in total. The fourth-order valence-corrected chi connectivity index (χ4v) is 6.71. The van der Waals surface area contributed by atoms with Gasteiger partial charge in [0.25, 0.3) is 0 Å². The molecule has 0 aromatic heterocycles. The van der Waals surface area contributed by atoms with Gasteiger partial charge in [-0.3, -0.25) is 0 Å². The molecule has 0 amide bonds. The molecule has 0 saturated carbocycles. The first-order valence-corrected chi connectivity index (χ1v) is 16.9. The van der Waals surface area contributed by atoms with E-state index in [1.807, 2.05) is 0 Å². The van der Waals surface area contributed by atoms with Gasteiger partial charge in [0.05, 0.1) is 0 Å². The minimum Gasteiger partial charge on any atom is -0.0654 e. The zero-order valence-corrected chi connectivity index (χ0v) is 27.9. The Morgan fingerprint density at radius 3 is 1.02 bits per heavy atom. The van der Waals surface area contributed by atoms with E-state index in [4.69, 9.17) is 0 Å². The van der Waals surface area contributed by atoms with E-state index in [-0.39, 0.29) is 0 Å². The second-order valence-electron chi connectivity index (χ2n) is 12.9. The Morgan fingerprint density at radius 1 is 0.364 bits per heavy atom. The third-order valence-electron chi connectivity index (χ3n) is 9.21. The van der Waals surface area contributed by atoms with Gasteiger partial charge in [0.15, 0.2) is 0 Å². The minimum atomic E-state index is 1.12. The van der Waals surface area contributed by atoms with Gasteiger partial charge in [-0.25, -0.2) is 0 Å². The van der Waals surface area contributed by atoms with Crippen molar-refractivity contribution in [1.29, 1.82) is 0 Å². The van der Waals surface area contributed by atoms with Gasteiger partial charge in [0.2, 0.25) is 0 Å². The third kappa shape index (κ3) is 7.41. The molecule has 226 valence electrons. The number of hydrogen-bond acceptors (Lipinski definition) is 0. The fourth-order valence-electron chi connectivity index (χ4n) is 6.71. The molecule has 0 aliphatic rings. The maximum atomic E-state index is 2.54. The van der Waals surface area contributed by atoms with Crippen molar-refractivity contribution >= 4 is 0 Å². The van der Waals surface area contributed by atoms with Gasteiger partial charge >= 0.3 is 0 Å². The summed E-state index contributed by atoms with van der Waals surface area (Å²) in [6, 6.07) is 37.3. The molecule has 0 heteroatoms. The predicted molar refractivity (Wildman–Crippen MR) is 194 cm³/mol. The zero-order chi connectivity index (χ0) is 31.1. The lowest BCUT2D eigenvalue weighted by Crippen LogP contribution is -1.99. The zero-order valence-electron chi connectivity index (χ0n) is 27.9. The van der Waals surface area contributed by atoms with Crippen molar-refractivity contribution in [2.24, 2.45) is 0 Å². The molecule has 0 unspecified atom stereocenters. The van der Waals surface area contributed by atoms with E-state index in [2.05, 4.69) is 139 Å². The molecule has 0 bridgehead atoms. The number of hydrogen-bond donors (Lipinski definition) is 0. The van der Waals surface area contributed by atoms with Crippen LogP contribution in [-0.4, -0.2) is 0 Å². The highest BCUT2D eigenvalue weighted by atomic mass is 14.2. The molecule has 5 aromatic carbocycles. The van der Waals surface area contributed by atoms with Crippen LogP contribution in [0.25, 0.3) is 44.5 Å². The van der Waals surface area contributed by atoms with Crippen LogP contribution < -0.4 is 0 Å². The summed E-state index contributed by atoms with van der Waals surface area (Å²) in [5.41, 5.74) is 19.0. The summed E-state index contributed by atoms with van der Waals surface area (Å²) in [6.45, 7) is 13.4. The first-order valence-electron chi connectivity index (χ1n) is 16.9. The molecule has 5 rings (SSSR count). The highest BCUT2D eigenvalue weighted by Gasteiger charge is 2.15. The number of unbranched alkanes of at least 4 members (excludes halogenated alkanes) is 4. The van der Waals surface area contributed by atoms with E-state index in [0.29, 0.717) is 0 Å². The largest absolute Gasteiger partial charge is 0.0654 e. The highest BCUT2D eigenvalue weighted by Crippen LogP contribution is 2.37. The molecule has 0 saturated heterocycles. The molecule has 44 heavy (non-hydrogen) atoms. The van der Waals surface area contributed by atoms with Crippen LogP contribution in [0.2, 0.25) is 0 Å². The SMILES string of the molecule is CCCCCc1cc(-c2ccc(-c3ccc(C)cc3C)cc2)c(CCCCC)cc1-c1ccc(-c2ccc(C)cc2C)cc1. The van der Waals surface area contributed by atoms with Crippen molar-refractivity contribution in [2.75, 3.05) is 0 Å². The molecule has 5 aromatic rings. The van der Waals surface area contributed by atoms with Crippen molar-refractivity contribution in [3.63, 3.8) is 0 Å². The van der Waals surface area contributed by atoms with Gasteiger partial charge < -0.3 is 0 Å². The summed E-state index contributed by atoms with van der Waals surface area (Å²) in [5.74, 6) is 0. The average Bonchev–Trinajstić information content (AvgIpc) is 3.02. The maximum Gasteiger partial charge on any atom is -0.0149 e. The third-order valence-corrected chi connectivity index (χ3v) is 9.21. The van der Waals surface area contributed by atoms with Crippen molar-refractivity contribution in [2.45, 2.75) is 92.9 Å². The van der Waals surface area contributed by atoms with Crippen molar-refractivity contribution in [1.82, 2.24) is 0 Å². The minimum absolute atomic E-state index is 1.12. The van der Waals surface area contributed by atoms with E-state index >= 15 is 0 Å². The highest BCUT2D eigenvalue weighted by molar-refractivity contribution is 5.80. The van der Waals surface area contributed by atoms with Crippen molar-refractivity contribution in [3.05, 3.63) is 130 Å². The smallest absolute Gasteiger partial charge is 0.0149 e. The molecular weight excluding hydrogens is 528 g/mol. The van der Waals surface area contributed by atoms with Crippen molar-refractivity contribution < 1.29 is 0 Å². The molecular formula is C44H50. The molecule has 0 aliphatic carbocycles. The van der Waals surface area contributed by atoms with Gasteiger partial charge in [0, 0.05) is 0 Å². The quantitative estimate of drug-likeness (QED) is 0.129. The number of benzene rings is 5. The van der Waals surface area contributed by atoms with Gasteiger partial charge in [-0.1, -0.05) is 148 Å². The molecule has 0 heterocycles. The molecule has 0 radical (unpaired) electrons. The van der Waals surface area contributed by atoms with Gasteiger partial charge in [0.1, 0.15) is 0 Å². The second-order valence-corrected chi connectivity index (χ2v) is 12.9. The Morgan fingerprint density at radius 2 is 0.705 bits per heavy atom. The predicted octanol–water partition coefficient (Wildman–Crippen LogP) is 13.1. The normalized spacial score (nSPS) is 11.2. The standard InChI is InChI=1S/C44H50/c1-7-9-11-13-39-29-44(38-23-19-36(20-24-38)42-26-16-32(4)28-34(42)6)40(14-12-10-8-2)30-43(39)37-21-17-35(18-22-37)41-25-15-31(3)27-33(41)5/h15-30H,7-14H2,1-6H3. The Balaban J connectivity index is 1.56. The summed E-state index contributed by atoms with van der Waals surface area (Å²) < 4.78 is 0. The Kier molecular flexibility index (Phi) is 10.5. The van der Waals surface area contributed by atoms with Gasteiger partial charge in [-0.15, -0.1) is 0 Å². The molecule has 0 aliphatic heterocycles. The first-order chi connectivity index (χ1) is 21.4. The average molecular weight is 579 g/mol. The maximum absolute atomic E-state index is 2.54. The molecule has 0 N–H and O–H groups in total. The lowest BCUT2D eigenvalue weighted by Gasteiger charge is -2.19. The second kappa shape index (κ2) is 14.7. The monoisotopic (exact) mass is 578 g/mol. The van der Waals surface area contributed by atoms with E-state index in [1.165, 1.54) is 116 Å². The first kappa shape index (κ1) is 31.5. The van der Waals surface area contributed by atoms with Crippen LogP contribution in [0.1, 0.15) is 85.8 Å². The fraction of sp³-hybridized carbons (Fsp3) is 0.318. The summed E-state index contributed by atoms with van der Waals surface area (Å²) in [7, 11) is 0. The van der Waals surface area contributed by atoms with Crippen LogP contribution in [-0.2, 0) is 12.8 Å². The topological polar surface area (TPSA) is 0 Å². The van der Waals surface area contributed by atoms with Crippen LogP contribution in [0.3, 0.4) is 0 Å².